The van der Waals surface area contributed by atoms with Gasteiger partial charge in [0.2, 0.25) is 0 Å². The summed E-state index contributed by atoms with van der Waals surface area (Å²) in [6.45, 7) is 0. The first-order chi connectivity index (χ1) is 6.16. The largest absolute Gasteiger partial charge is 0.446 e. The van der Waals surface area contributed by atoms with E-state index in [1.165, 1.54) is 6.07 Å². The molecule has 0 spiro atoms. The maximum absolute atomic E-state index is 12.9. The molecular formula is C8H5ClF2O2. The van der Waals surface area contributed by atoms with Gasteiger partial charge in [0.1, 0.15) is 0 Å². The van der Waals surface area contributed by atoms with Crippen molar-refractivity contribution in [3.05, 3.63) is 35.4 Å². The lowest BCUT2D eigenvalue weighted by Crippen LogP contribution is -2.07. The third-order valence-electron chi connectivity index (χ3n) is 1.36. The molecule has 0 bridgehead atoms. The van der Waals surface area contributed by atoms with Gasteiger partial charge in [-0.25, -0.2) is 13.6 Å². The molecule has 1 aromatic carbocycles. The summed E-state index contributed by atoms with van der Waals surface area (Å²) in [5.41, 5.74) is -0.458. The number of alkyl halides is 1. The van der Waals surface area contributed by atoms with E-state index in [9.17, 15) is 13.6 Å². The van der Waals surface area contributed by atoms with Crippen molar-refractivity contribution in [3.8, 4) is 0 Å². The second kappa shape index (κ2) is 4.18. The Balaban J connectivity index is 3.01. The molecule has 0 amide bonds. The van der Waals surface area contributed by atoms with Gasteiger partial charge in [0.15, 0.2) is 17.7 Å². The van der Waals surface area contributed by atoms with Gasteiger partial charge in [0.25, 0.3) is 0 Å². The Bertz CT molecular complexity index is 328. The van der Waals surface area contributed by atoms with E-state index in [4.69, 9.17) is 11.6 Å². The Morgan fingerprint density at radius 1 is 1.46 bits per heavy atom. The van der Waals surface area contributed by atoms with Crippen LogP contribution in [0, 0.1) is 11.6 Å². The SMILES string of the molecule is O=C(OCCl)c1cccc(F)c1F. The van der Waals surface area contributed by atoms with Crippen LogP contribution in [0.2, 0.25) is 0 Å². The van der Waals surface area contributed by atoms with Gasteiger partial charge in [0.05, 0.1) is 5.56 Å². The van der Waals surface area contributed by atoms with E-state index in [0.717, 1.165) is 12.1 Å². The number of rotatable bonds is 2. The molecule has 1 aromatic rings. The van der Waals surface area contributed by atoms with Gasteiger partial charge in [-0.15, -0.1) is 0 Å². The zero-order chi connectivity index (χ0) is 9.84. The van der Waals surface area contributed by atoms with E-state index in [2.05, 4.69) is 4.74 Å². The van der Waals surface area contributed by atoms with E-state index in [1.807, 2.05) is 0 Å². The highest BCUT2D eigenvalue weighted by Gasteiger charge is 2.15. The first-order valence-corrected chi connectivity index (χ1v) is 3.87. The molecule has 0 atom stereocenters. The Morgan fingerprint density at radius 2 is 2.15 bits per heavy atom. The lowest BCUT2D eigenvalue weighted by Gasteiger charge is -2.01. The Hall–Kier alpha value is -1.16. The van der Waals surface area contributed by atoms with Gasteiger partial charge in [0, 0.05) is 0 Å². The van der Waals surface area contributed by atoms with Crippen molar-refractivity contribution < 1.29 is 18.3 Å². The van der Waals surface area contributed by atoms with Gasteiger partial charge >= 0.3 is 5.97 Å². The molecule has 2 nitrogen and oxygen atoms in total. The molecule has 0 heterocycles. The van der Waals surface area contributed by atoms with Crippen LogP contribution in [0.4, 0.5) is 8.78 Å². The average Bonchev–Trinajstić information content (AvgIpc) is 2.10. The second-order valence-corrected chi connectivity index (χ2v) is 2.36. The number of esters is 1. The van der Waals surface area contributed by atoms with Crippen molar-refractivity contribution in [3.63, 3.8) is 0 Å². The van der Waals surface area contributed by atoms with E-state index >= 15 is 0 Å². The Morgan fingerprint density at radius 3 is 2.77 bits per heavy atom. The first kappa shape index (κ1) is 9.92. The molecule has 13 heavy (non-hydrogen) atoms. The van der Waals surface area contributed by atoms with Crippen molar-refractivity contribution in [2.45, 2.75) is 0 Å². The molecule has 0 fully saturated rings. The molecule has 0 saturated carbocycles. The minimum atomic E-state index is -1.22. The lowest BCUT2D eigenvalue weighted by atomic mass is 10.2. The minimum Gasteiger partial charge on any atom is -0.446 e. The fraction of sp³-hybridized carbons (Fsp3) is 0.125. The molecule has 0 unspecified atom stereocenters. The fourth-order valence-electron chi connectivity index (χ4n) is 0.789. The van der Waals surface area contributed by atoms with E-state index in [-0.39, 0.29) is 0 Å². The summed E-state index contributed by atoms with van der Waals surface area (Å²) in [6.07, 6.45) is 0. The third kappa shape index (κ3) is 2.15. The number of ether oxygens (including phenoxy) is 1. The van der Waals surface area contributed by atoms with Crippen LogP contribution in [-0.4, -0.2) is 12.0 Å². The van der Waals surface area contributed by atoms with Gasteiger partial charge in [-0.1, -0.05) is 17.7 Å². The molecule has 70 valence electrons. The number of carbonyl (C=O) groups excluding carboxylic acids is 1. The predicted molar refractivity (Wildman–Crippen MR) is 42.5 cm³/mol. The van der Waals surface area contributed by atoms with Crippen LogP contribution in [0.3, 0.4) is 0 Å². The van der Waals surface area contributed by atoms with Gasteiger partial charge in [-0.3, -0.25) is 0 Å². The topological polar surface area (TPSA) is 26.3 Å². The van der Waals surface area contributed by atoms with Crippen LogP contribution in [0.5, 0.6) is 0 Å². The van der Waals surface area contributed by atoms with Crippen LogP contribution >= 0.6 is 11.6 Å². The summed E-state index contributed by atoms with van der Waals surface area (Å²) >= 11 is 5.08. The summed E-state index contributed by atoms with van der Waals surface area (Å²) in [7, 11) is 0. The monoisotopic (exact) mass is 206 g/mol. The molecule has 0 aliphatic heterocycles. The van der Waals surface area contributed by atoms with Crippen molar-refractivity contribution in [1.29, 1.82) is 0 Å². The van der Waals surface area contributed by atoms with E-state index < -0.39 is 29.2 Å². The number of hydrogen-bond donors (Lipinski definition) is 0. The number of hydrogen-bond acceptors (Lipinski definition) is 2. The number of carbonyl (C=O) groups is 1. The summed E-state index contributed by atoms with van der Waals surface area (Å²) in [6, 6.07) is 2.85. The molecule has 5 heteroatoms. The standard InChI is InChI=1S/C8H5ClF2O2/c9-4-13-8(12)5-2-1-3-6(10)7(5)11/h1-3H,4H2. The zero-order valence-corrected chi connectivity index (χ0v) is 7.15. The lowest BCUT2D eigenvalue weighted by molar-refractivity contribution is 0.0567. The van der Waals surface area contributed by atoms with Gasteiger partial charge in [-0.05, 0) is 12.1 Å². The van der Waals surface area contributed by atoms with Crippen LogP contribution in [0.1, 0.15) is 10.4 Å². The molecule has 0 aromatic heterocycles. The molecule has 0 N–H and O–H groups in total. The molecule has 0 aliphatic rings. The zero-order valence-electron chi connectivity index (χ0n) is 6.39. The van der Waals surface area contributed by atoms with Gasteiger partial charge in [-0.2, -0.15) is 0 Å². The third-order valence-corrected chi connectivity index (χ3v) is 1.47. The summed E-state index contributed by atoms with van der Waals surface area (Å²) in [5, 5.41) is 0. The Labute approximate surface area is 78.1 Å². The van der Waals surface area contributed by atoms with Crippen molar-refractivity contribution in [2.75, 3.05) is 6.07 Å². The highest BCUT2D eigenvalue weighted by molar-refractivity contribution is 6.17. The van der Waals surface area contributed by atoms with E-state index in [1.54, 1.807) is 0 Å². The highest BCUT2D eigenvalue weighted by Crippen LogP contribution is 2.12. The summed E-state index contributed by atoms with van der Waals surface area (Å²) in [4.78, 5) is 10.9. The van der Waals surface area contributed by atoms with Crippen molar-refractivity contribution in [2.24, 2.45) is 0 Å². The fourth-order valence-corrected chi connectivity index (χ4v) is 0.888. The van der Waals surface area contributed by atoms with Gasteiger partial charge < -0.3 is 4.74 Å². The quantitative estimate of drug-likeness (QED) is 0.548. The molecule has 0 aliphatic carbocycles. The first-order valence-electron chi connectivity index (χ1n) is 3.34. The van der Waals surface area contributed by atoms with Crippen LogP contribution < -0.4 is 0 Å². The maximum Gasteiger partial charge on any atom is 0.342 e. The maximum atomic E-state index is 12.9. The average molecular weight is 207 g/mol. The van der Waals surface area contributed by atoms with Crippen LogP contribution in [-0.2, 0) is 4.74 Å². The van der Waals surface area contributed by atoms with Crippen molar-refractivity contribution in [1.82, 2.24) is 0 Å². The van der Waals surface area contributed by atoms with Crippen molar-refractivity contribution >= 4 is 17.6 Å². The smallest absolute Gasteiger partial charge is 0.342 e. The highest BCUT2D eigenvalue weighted by atomic mass is 35.5. The van der Waals surface area contributed by atoms with Crippen LogP contribution in [0.15, 0.2) is 18.2 Å². The Kier molecular flexibility index (Phi) is 3.19. The predicted octanol–water partition coefficient (Wildman–Crippen LogP) is 2.32. The van der Waals surface area contributed by atoms with E-state index in [0.29, 0.717) is 0 Å². The summed E-state index contributed by atoms with van der Waals surface area (Å²) < 4.78 is 29.7. The normalized spacial score (nSPS) is 9.77. The molecular weight excluding hydrogens is 202 g/mol. The molecule has 1 rings (SSSR count). The minimum absolute atomic E-state index is 0.394. The molecule has 0 radical (unpaired) electrons. The summed E-state index contributed by atoms with van der Waals surface area (Å²) in [5.74, 6) is -3.30. The second-order valence-electron chi connectivity index (χ2n) is 2.14. The van der Waals surface area contributed by atoms with Crippen LogP contribution in [0.25, 0.3) is 0 Å². The number of halogens is 3. The number of benzene rings is 1. The molecule has 0 saturated heterocycles.